The van der Waals surface area contributed by atoms with Crippen molar-refractivity contribution in [1.82, 2.24) is 10.3 Å². The van der Waals surface area contributed by atoms with E-state index in [1.165, 1.54) is 17.6 Å². The van der Waals surface area contributed by atoms with Crippen LogP contribution in [0, 0.1) is 6.92 Å². The van der Waals surface area contributed by atoms with Gasteiger partial charge in [0, 0.05) is 13.0 Å². The first-order chi connectivity index (χ1) is 12.1. The molecule has 7 heteroatoms. The van der Waals surface area contributed by atoms with Gasteiger partial charge in [-0.25, -0.2) is 4.98 Å². The van der Waals surface area contributed by atoms with Crippen LogP contribution in [0.25, 0.3) is 10.4 Å². The van der Waals surface area contributed by atoms with Crippen molar-refractivity contribution in [1.29, 1.82) is 0 Å². The van der Waals surface area contributed by atoms with Crippen molar-refractivity contribution in [2.45, 2.75) is 13.3 Å². The molecule has 0 atom stereocenters. The van der Waals surface area contributed by atoms with Crippen LogP contribution in [-0.4, -0.2) is 23.3 Å². The minimum Gasteiger partial charge on any atom is -0.459 e. The summed E-state index contributed by atoms with van der Waals surface area (Å²) in [7, 11) is 0. The van der Waals surface area contributed by atoms with Crippen LogP contribution in [0.3, 0.4) is 0 Å². The summed E-state index contributed by atoms with van der Waals surface area (Å²) in [6.07, 6.45) is 1.59. The Hall–Kier alpha value is -2.93. The molecule has 0 unspecified atom stereocenters. The number of nitrogens with one attached hydrogen (secondary N) is 2. The molecule has 3 rings (SSSR count). The average Bonchev–Trinajstić information content (AvgIpc) is 3.25. The molecule has 0 spiro atoms. The standard InChI is InChI=1S/C18H17N3O3S/c1-12-16(13-6-3-2-4-7-13)25-18(20-12)21-15(22)9-10-19-17(23)14-8-5-11-24-14/h2-8,11H,9-10H2,1H3,(H,19,23)(H,20,21,22). The van der Waals surface area contributed by atoms with E-state index in [0.717, 1.165) is 16.1 Å². The lowest BCUT2D eigenvalue weighted by atomic mass is 10.2. The van der Waals surface area contributed by atoms with E-state index in [1.807, 2.05) is 37.3 Å². The van der Waals surface area contributed by atoms with Crippen LogP contribution in [0.2, 0.25) is 0 Å². The molecule has 0 saturated carbocycles. The number of amides is 2. The maximum absolute atomic E-state index is 12.0. The highest BCUT2D eigenvalue weighted by Crippen LogP contribution is 2.32. The van der Waals surface area contributed by atoms with Gasteiger partial charge in [0.25, 0.3) is 5.91 Å². The third-order valence-corrected chi connectivity index (χ3v) is 4.58. The zero-order valence-corrected chi connectivity index (χ0v) is 14.4. The van der Waals surface area contributed by atoms with Gasteiger partial charge in [-0.05, 0) is 24.6 Å². The van der Waals surface area contributed by atoms with Gasteiger partial charge in [0.05, 0.1) is 16.8 Å². The van der Waals surface area contributed by atoms with Gasteiger partial charge in [0.15, 0.2) is 10.9 Å². The van der Waals surface area contributed by atoms with Crippen LogP contribution >= 0.6 is 11.3 Å². The van der Waals surface area contributed by atoms with Gasteiger partial charge >= 0.3 is 0 Å². The Morgan fingerprint density at radius 3 is 2.68 bits per heavy atom. The Morgan fingerprint density at radius 2 is 1.96 bits per heavy atom. The molecular weight excluding hydrogens is 338 g/mol. The zero-order valence-electron chi connectivity index (χ0n) is 13.6. The van der Waals surface area contributed by atoms with Crippen LogP contribution in [0.15, 0.2) is 53.1 Å². The fourth-order valence-corrected chi connectivity index (χ4v) is 3.26. The van der Waals surface area contributed by atoms with E-state index in [1.54, 1.807) is 12.1 Å². The van der Waals surface area contributed by atoms with Crippen molar-refractivity contribution in [2.24, 2.45) is 0 Å². The van der Waals surface area contributed by atoms with Crippen molar-refractivity contribution in [3.8, 4) is 10.4 Å². The molecule has 128 valence electrons. The first-order valence-corrected chi connectivity index (χ1v) is 8.59. The molecule has 25 heavy (non-hydrogen) atoms. The molecule has 0 fully saturated rings. The summed E-state index contributed by atoms with van der Waals surface area (Å²) in [5.41, 5.74) is 1.95. The molecule has 2 amide bonds. The highest BCUT2D eigenvalue weighted by atomic mass is 32.1. The predicted molar refractivity (Wildman–Crippen MR) is 96.6 cm³/mol. The quantitative estimate of drug-likeness (QED) is 0.709. The number of aromatic nitrogens is 1. The summed E-state index contributed by atoms with van der Waals surface area (Å²) in [5.74, 6) is -0.314. The summed E-state index contributed by atoms with van der Waals surface area (Å²) in [5, 5.41) is 5.96. The van der Waals surface area contributed by atoms with Gasteiger partial charge in [-0.1, -0.05) is 41.7 Å². The van der Waals surface area contributed by atoms with Crippen molar-refractivity contribution in [2.75, 3.05) is 11.9 Å². The molecule has 0 radical (unpaired) electrons. The minimum atomic E-state index is -0.339. The lowest BCUT2D eigenvalue weighted by Gasteiger charge is -2.03. The van der Waals surface area contributed by atoms with E-state index in [2.05, 4.69) is 15.6 Å². The van der Waals surface area contributed by atoms with E-state index in [4.69, 9.17) is 4.42 Å². The predicted octanol–water partition coefficient (Wildman–Crippen LogP) is 3.47. The number of nitrogens with zero attached hydrogens (tertiary/aromatic N) is 1. The number of aryl methyl sites for hydroxylation is 1. The fraction of sp³-hybridized carbons (Fsp3) is 0.167. The van der Waals surface area contributed by atoms with Crippen LogP contribution in [-0.2, 0) is 4.79 Å². The molecule has 2 N–H and O–H groups in total. The van der Waals surface area contributed by atoms with Gasteiger partial charge in [-0.15, -0.1) is 0 Å². The Balaban J connectivity index is 1.52. The second-order valence-corrected chi connectivity index (χ2v) is 6.33. The molecule has 6 nitrogen and oxygen atoms in total. The molecule has 0 saturated heterocycles. The molecule has 2 heterocycles. The van der Waals surface area contributed by atoms with Crippen LogP contribution in [0.5, 0.6) is 0 Å². The lowest BCUT2D eigenvalue weighted by molar-refractivity contribution is -0.116. The first kappa shape index (κ1) is 16.9. The van der Waals surface area contributed by atoms with Gasteiger partial charge in [-0.2, -0.15) is 0 Å². The Labute approximate surface area is 148 Å². The van der Waals surface area contributed by atoms with Crippen molar-refractivity contribution < 1.29 is 14.0 Å². The second-order valence-electron chi connectivity index (χ2n) is 5.33. The zero-order chi connectivity index (χ0) is 17.6. The minimum absolute atomic E-state index is 0.158. The van der Waals surface area contributed by atoms with Gasteiger partial charge in [0.2, 0.25) is 5.91 Å². The van der Waals surface area contributed by atoms with Crippen molar-refractivity contribution >= 4 is 28.3 Å². The maximum Gasteiger partial charge on any atom is 0.286 e. The number of carbonyl (C=O) groups is 2. The molecule has 3 aromatic rings. The molecule has 0 aliphatic carbocycles. The van der Waals surface area contributed by atoms with E-state index in [9.17, 15) is 9.59 Å². The third-order valence-electron chi connectivity index (χ3n) is 3.46. The summed E-state index contributed by atoms with van der Waals surface area (Å²) in [6.45, 7) is 2.14. The Bertz CT molecular complexity index is 857. The molecular formula is C18H17N3O3S. The fourth-order valence-electron chi connectivity index (χ4n) is 2.27. The molecule has 1 aromatic carbocycles. The SMILES string of the molecule is Cc1nc(NC(=O)CCNC(=O)c2ccco2)sc1-c1ccccc1. The maximum atomic E-state index is 12.0. The van der Waals surface area contributed by atoms with E-state index < -0.39 is 0 Å². The number of hydrogen-bond acceptors (Lipinski definition) is 5. The summed E-state index contributed by atoms with van der Waals surface area (Å²) < 4.78 is 4.99. The molecule has 0 bridgehead atoms. The second kappa shape index (κ2) is 7.76. The summed E-state index contributed by atoms with van der Waals surface area (Å²) in [4.78, 5) is 29.1. The third kappa shape index (κ3) is 4.33. The van der Waals surface area contributed by atoms with Crippen LogP contribution in [0.1, 0.15) is 22.7 Å². The van der Waals surface area contributed by atoms with E-state index in [-0.39, 0.29) is 30.5 Å². The lowest BCUT2D eigenvalue weighted by Crippen LogP contribution is -2.27. The molecule has 0 aliphatic rings. The number of rotatable bonds is 6. The number of benzene rings is 1. The van der Waals surface area contributed by atoms with Crippen molar-refractivity contribution in [3.63, 3.8) is 0 Å². The van der Waals surface area contributed by atoms with E-state index in [0.29, 0.717) is 5.13 Å². The number of anilines is 1. The number of hydrogen-bond donors (Lipinski definition) is 2. The smallest absolute Gasteiger partial charge is 0.286 e. The average molecular weight is 355 g/mol. The highest BCUT2D eigenvalue weighted by molar-refractivity contribution is 7.19. The first-order valence-electron chi connectivity index (χ1n) is 7.78. The topological polar surface area (TPSA) is 84.2 Å². The van der Waals surface area contributed by atoms with E-state index >= 15 is 0 Å². The van der Waals surface area contributed by atoms with Crippen molar-refractivity contribution in [3.05, 3.63) is 60.2 Å². The van der Waals surface area contributed by atoms with Gasteiger partial charge in [-0.3, -0.25) is 9.59 Å². The Morgan fingerprint density at radius 1 is 1.16 bits per heavy atom. The number of thiazole rings is 1. The van der Waals surface area contributed by atoms with Gasteiger partial charge in [0.1, 0.15) is 0 Å². The van der Waals surface area contributed by atoms with Crippen LogP contribution in [0.4, 0.5) is 5.13 Å². The molecule has 2 aromatic heterocycles. The monoisotopic (exact) mass is 355 g/mol. The highest BCUT2D eigenvalue weighted by Gasteiger charge is 2.13. The normalized spacial score (nSPS) is 10.4. The van der Waals surface area contributed by atoms with Crippen LogP contribution < -0.4 is 10.6 Å². The Kier molecular flexibility index (Phi) is 5.25. The summed E-state index contributed by atoms with van der Waals surface area (Å²) >= 11 is 1.43. The molecule has 0 aliphatic heterocycles. The number of furan rings is 1. The largest absolute Gasteiger partial charge is 0.459 e. The van der Waals surface area contributed by atoms with Gasteiger partial charge < -0.3 is 15.1 Å². The summed E-state index contributed by atoms with van der Waals surface area (Å²) in [6, 6.07) is 13.1. The number of carbonyl (C=O) groups excluding carboxylic acids is 2.